The molecule has 36 heavy (non-hydrogen) atoms. The lowest BCUT2D eigenvalue weighted by molar-refractivity contribution is -0.113. The number of allylic oxidation sites excluding steroid dienone is 1. The summed E-state index contributed by atoms with van der Waals surface area (Å²) in [7, 11) is 3.17. The smallest absolute Gasteiger partial charge is 0.255 e. The Balaban J connectivity index is 1.64. The first-order valence-corrected chi connectivity index (χ1v) is 11.4. The van der Waals surface area contributed by atoms with Crippen molar-refractivity contribution >= 4 is 17.5 Å². The molecule has 0 aliphatic carbocycles. The summed E-state index contributed by atoms with van der Waals surface area (Å²) in [6, 6.07) is 16.6. The number of carbonyl (C=O) groups is 1. The van der Waals surface area contributed by atoms with Crippen LogP contribution in [0.4, 0.5) is 11.6 Å². The van der Waals surface area contributed by atoms with Crippen LogP contribution < -0.4 is 20.1 Å². The third-order valence-electron chi connectivity index (χ3n) is 6.02. The maximum Gasteiger partial charge on any atom is 0.255 e. The minimum absolute atomic E-state index is 0.272. The number of amides is 1. The molecule has 9 nitrogen and oxygen atoms in total. The molecule has 0 saturated heterocycles. The zero-order valence-corrected chi connectivity index (χ0v) is 20.4. The maximum atomic E-state index is 13.6. The SMILES string of the molecule is COc1ccc([C@@H]2C(C(=O)Nc3cccnc3)=C(C)Nc3nc(-c4cccc(C)c4)nn32)cc1OC. The van der Waals surface area contributed by atoms with Gasteiger partial charge in [0.25, 0.3) is 5.91 Å². The van der Waals surface area contributed by atoms with Gasteiger partial charge >= 0.3 is 0 Å². The second-order valence-corrected chi connectivity index (χ2v) is 8.45. The van der Waals surface area contributed by atoms with Crippen LogP contribution in [0.5, 0.6) is 11.5 Å². The molecular formula is C27H26N6O3. The van der Waals surface area contributed by atoms with Crippen LogP contribution in [0.2, 0.25) is 0 Å². The molecule has 1 atom stereocenters. The fourth-order valence-corrected chi connectivity index (χ4v) is 4.32. The highest BCUT2D eigenvalue weighted by molar-refractivity contribution is 6.06. The van der Waals surface area contributed by atoms with Gasteiger partial charge in [0, 0.05) is 17.5 Å². The highest BCUT2D eigenvalue weighted by Crippen LogP contribution is 2.39. The Hall–Kier alpha value is -4.66. The minimum atomic E-state index is -0.566. The quantitative estimate of drug-likeness (QED) is 0.414. The molecule has 0 saturated carbocycles. The molecule has 0 fully saturated rings. The minimum Gasteiger partial charge on any atom is -0.493 e. The van der Waals surface area contributed by atoms with Crippen molar-refractivity contribution in [2.75, 3.05) is 24.9 Å². The van der Waals surface area contributed by atoms with E-state index in [2.05, 4.69) is 15.6 Å². The lowest BCUT2D eigenvalue weighted by atomic mass is 9.94. The zero-order valence-electron chi connectivity index (χ0n) is 20.4. The van der Waals surface area contributed by atoms with Gasteiger partial charge in [-0.3, -0.25) is 9.78 Å². The van der Waals surface area contributed by atoms with E-state index >= 15 is 0 Å². The van der Waals surface area contributed by atoms with E-state index in [0.29, 0.717) is 40.2 Å². The van der Waals surface area contributed by atoms with E-state index < -0.39 is 6.04 Å². The van der Waals surface area contributed by atoms with Crippen LogP contribution in [0.1, 0.15) is 24.1 Å². The highest BCUT2D eigenvalue weighted by Gasteiger charge is 2.35. The maximum absolute atomic E-state index is 13.6. The Morgan fingerprint density at radius 1 is 1.03 bits per heavy atom. The predicted molar refractivity (Wildman–Crippen MR) is 137 cm³/mol. The largest absolute Gasteiger partial charge is 0.493 e. The lowest BCUT2D eigenvalue weighted by Gasteiger charge is -2.29. The molecule has 4 aromatic rings. The molecule has 1 aliphatic rings. The number of fused-ring (bicyclic) bond motifs is 1. The Kier molecular flexibility index (Phi) is 6.12. The molecule has 1 amide bonds. The molecule has 182 valence electrons. The molecule has 1 aliphatic heterocycles. The molecule has 0 spiro atoms. The van der Waals surface area contributed by atoms with Crippen LogP contribution in [0.25, 0.3) is 11.4 Å². The Morgan fingerprint density at radius 3 is 2.58 bits per heavy atom. The standard InChI is InChI=1S/C27H26N6O3/c1-16-7-5-8-19(13-16)25-31-27-29-17(2)23(26(34)30-20-9-6-12-28-15-20)24(33(27)32-25)18-10-11-21(35-3)22(14-18)36-4/h5-15,24H,1-4H3,(H,30,34)(H,29,31,32)/t24-/m1/s1. The Morgan fingerprint density at radius 2 is 1.86 bits per heavy atom. The second kappa shape index (κ2) is 9.53. The fourth-order valence-electron chi connectivity index (χ4n) is 4.32. The molecule has 0 radical (unpaired) electrons. The summed E-state index contributed by atoms with van der Waals surface area (Å²) in [4.78, 5) is 22.5. The van der Waals surface area contributed by atoms with Crippen molar-refractivity contribution in [1.82, 2.24) is 19.7 Å². The van der Waals surface area contributed by atoms with Crippen molar-refractivity contribution < 1.29 is 14.3 Å². The zero-order chi connectivity index (χ0) is 25.2. The van der Waals surface area contributed by atoms with Gasteiger partial charge in [0.05, 0.1) is 31.7 Å². The van der Waals surface area contributed by atoms with Crippen molar-refractivity contribution in [3.63, 3.8) is 0 Å². The first-order valence-electron chi connectivity index (χ1n) is 11.4. The van der Waals surface area contributed by atoms with E-state index in [0.717, 1.165) is 16.7 Å². The average molecular weight is 483 g/mol. The van der Waals surface area contributed by atoms with E-state index in [4.69, 9.17) is 19.6 Å². The summed E-state index contributed by atoms with van der Waals surface area (Å²) >= 11 is 0. The predicted octanol–water partition coefficient (Wildman–Crippen LogP) is 4.59. The van der Waals surface area contributed by atoms with Gasteiger partial charge in [-0.25, -0.2) is 4.68 Å². The van der Waals surface area contributed by atoms with Crippen LogP contribution in [0.3, 0.4) is 0 Å². The van der Waals surface area contributed by atoms with Crippen molar-refractivity contribution in [3.05, 3.63) is 89.4 Å². The number of nitrogens with one attached hydrogen (secondary N) is 2. The number of aromatic nitrogens is 4. The normalized spacial score (nSPS) is 14.6. The summed E-state index contributed by atoms with van der Waals surface area (Å²) in [6.45, 7) is 3.88. The number of pyridine rings is 1. The molecule has 3 heterocycles. The number of nitrogens with zero attached hydrogens (tertiary/aromatic N) is 4. The summed E-state index contributed by atoms with van der Waals surface area (Å²) in [5, 5.41) is 11.1. The molecule has 2 aromatic heterocycles. The average Bonchev–Trinajstić information content (AvgIpc) is 3.31. The van der Waals surface area contributed by atoms with E-state index in [9.17, 15) is 4.79 Å². The number of hydrogen-bond acceptors (Lipinski definition) is 7. The summed E-state index contributed by atoms with van der Waals surface area (Å²) < 4.78 is 12.7. The second-order valence-electron chi connectivity index (χ2n) is 8.45. The van der Waals surface area contributed by atoms with E-state index in [1.165, 1.54) is 0 Å². The van der Waals surface area contributed by atoms with Gasteiger partial charge in [0.1, 0.15) is 6.04 Å². The molecule has 0 unspecified atom stereocenters. The number of benzene rings is 2. The van der Waals surface area contributed by atoms with Crippen LogP contribution in [0, 0.1) is 6.92 Å². The van der Waals surface area contributed by atoms with E-state index in [1.807, 2.05) is 56.3 Å². The highest BCUT2D eigenvalue weighted by atomic mass is 16.5. The van der Waals surface area contributed by atoms with Crippen molar-refractivity contribution in [3.8, 4) is 22.9 Å². The summed E-state index contributed by atoms with van der Waals surface area (Å²) in [6.07, 6.45) is 3.26. The van der Waals surface area contributed by atoms with Crippen LogP contribution >= 0.6 is 0 Å². The molecule has 0 bridgehead atoms. The number of rotatable bonds is 6. The van der Waals surface area contributed by atoms with Crippen molar-refractivity contribution in [2.24, 2.45) is 0 Å². The molecule has 2 N–H and O–H groups in total. The van der Waals surface area contributed by atoms with Gasteiger partial charge in [-0.05, 0) is 49.7 Å². The molecule has 9 heteroatoms. The van der Waals surface area contributed by atoms with Crippen LogP contribution in [-0.4, -0.2) is 39.9 Å². The van der Waals surface area contributed by atoms with Crippen LogP contribution in [0.15, 0.2) is 78.3 Å². The number of anilines is 2. The Bertz CT molecular complexity index is 1460. The lowest BCUT2D eigenvalue weighted by Crippen LogP contribution is -2.31. The van der Waals surface area contributed by atoms with Gasteiger partial charge < -0.3 is 20.1 Å². The molecule has 5 rings (SSSR count). The number of hydrogen-bond donors (Lipinski definition) is 2. The van der Waals surface area contributed by atoms with Crippen LogP contribution in [-0.2, 0) is 4.79 Å². The molecular weight excluding hydrogens is 456 g/mol. The van der Waals surface area contributed by atoms with Gasteiger partial charge in [-0.2, -0.15) is 4.98 Å². The third kappa shape index (κ3) is 4.26. The van der Waals surface area contributed by atoms with Gasteiger partial charge in [-0.15, -0.1) is 5.10 Å². The number of methoxy groups -OCH3 is 2. The number of carbonyl (C=O) groups excluding carboxylic acids is 1. The van der Waals surface area contributed by atoms with E-state index in [1.54, 1.807) is 43.4 Å². The topological polar surface area (TPSA) is 103 Å². The number of ether oxygens (including phenoxy) is 2. The monoisotopic (exact) mass is 482 g/mol. The van der Waals surface area contributed by atoms with E-state index in [-0.39, 0.29) is 5.91 Å². The first kappa shape index (κ1) is 23.1. The van der Waals surface area contributed by atoms with Gasteiger partial charge in [0.15, 0.2) is 17.3 Å². The fraction of sp³-hybridized carbons (Fsp3) is 0.185. The van der Waals surface area contributed by atoms with Crippen molar-refractivity contribution in [2.45, 2.75) is 19.9 Å². The summed E-state index contributed by atoms with van der Waals surface area (Å²) in [5.41, 5.74) is 4.57. The number of aryl methyl sites for hydroxylation is 1. The first-order chi connectivity index (χ1) is 17.5. The molecule has 2 aromatic carbocycles. The Labute approximate surface area is 208 Å². The van der Waals surface area contributed by atoms with Crippen molar-refractivity contribution in [1.29, 1.82) is 0 Å². The third-order valence-corrected chi connectivity index (χ3v) is 6.02. The van der Waals surface area contributed by atoms with Gasteiger partial charge in [-0.1, -0.05) is 29.8 Å². The summed E-state index contributed by atoms with van der Waals surface area (Å²) in [5.74, 6) is 1.98. The van der Waals surface area contributed by atoms with Gasteiger partial charge in [0.2, 0.25) is 5.95 Å².